The normalized spacial score (nSPS) is 10.3. The van der Waals surface area contributed by atoms with Crippen LogP contribution in [0.4, 0.5) is 11.4 Å². The zero-order valence-corrected chi connectivity index (χ0v) is 24.9. The number of anilines is 2. The van der Waals surface area contributed by atoms with E-state index in [9.17, 15) is 10.2 Å². The highest BCUT2D eigenvalue weighted by atomic mass is 16.3. The van der Waals surface area contributed by atoms with Crippen LogP contribution in [-0.2, 0) is 13.1 Å². The van der Waals surface area contributed by atoms with Gasteiger partial charge in [-0.25, -0.2) is 0 Å². The lowest BCUT2D eigenvalue weighted by atomic mass is 9.90. The first-order valence-electron chi connectivity index (χ1n) is 14.7. The number of rotatable bonds is 7. The van der Waals surface area contributed by atoms with Crippen molar-refractivity contribution in [1.29, 1.82) is 0 Å². The van der Waals surface area contributed by atoms with Gasteiger partial charge in [0.25, 0.3) is 0 Å². The van der Waals surface area contributed by atoms with Crippen molar-refractivity contribution in [3.05, 3.63) is 132 Å². The number of fused-ring (bicyclic) bond motifs is 2. The minimum atomic E-state index is 0.275. The Morgan fingerprint density at radius 1 is 0.429 bits per heavy atom. The number of hydrogen-bond acceptors (Lipinski definition) is 4. The molecule has 0 aliphatic carbocycles. The lowest BCUT2D eigenvalue weighted by Crippen LogP contribution is -2.05. The summed E-state index contributed by atoms with van der Waals surface area (Å²) in [5.74, 6) is 0.551. The van der Waals surface area contributed by atoms with Gasteiger partial charge in [0.05, 0.1) is 0 Å². The van der Waals surface area contributed by atoms with E-state index >= 15 is 0 Å². The predicted molar refractivity (Wildman–Crippen MR) is 180 cm³/mol. The van der Waals surface area contributed by atoms with E-state index in [-0.39, 0.29) is 11.5 Å². The molecule has 4 nitrogen and oxygen atoms in total. The molecule has 0 saturated heterocycles. The molecule has 0 fully saturated rings. The summed E-state index contributed by atoms with van der Waals surface area (Å²) in [6.07, 6.45) is 0. The Kier molecular flexibility index (Phi) is 10.4. The summed E-state index contributed by atoms with van der Waals surface area (Å²) in [7, 11) is 0. The molecule has 0 heterocycles. The Morgan fingerprint density at radius 3 is 1.19 bits per heavy atom. The van der Waals surface area contributed by atoms with Gasteiger partial charge in [-0.05, 0) is 45.8 Å². The molecule has 0 spiro atoms. The molecular weight excluding hydrogens is 516 g/mol. The Morgan fingerprint density at radius 2 is 0.786 bits per heavy atom. The number of phenolic OH excluding ortho intramolecular Hbond substituents is 2. The molecule has 0 saturated carbocycles. The smallest absolute Gasteiger partial charge is 0.120 e. The number of benzene rings is 6. The van der Waals surface area contributed by atoms with Gasteiger partial charge < -0.3 is 20.8 Å². The van der Waals surface area contributed by atoms with Crippen molar-refractivity contribution in [1.82, 2.24) is 0 Å². The molecule has 4 heteroatoms. The van der Waals surface area contributed by atoms with E-state index in [2.05, 4.69) is 83.4 Å². The Bertz CT molecular complexity index is 1630. The second-order valence-corrected chi connectivity index (χ2v) is 9.38. The summed E-state index contributed by atoms with van der Waals surface area (Å²) in [6.45, 7) is 8.98. The SMILES string of the molecule is CC.CC.Oc1ccccc1CNc1ccc2ccccc2c1-c1c(NCc2ccccc2O)ccc2ccccc12. The van der Waals surface area contributed by atoms with E-state index in [1.54, 1.807) is 12.1 Å². The van der Waals surface area contributed by atoms with Crippen LogP contribution >= 0.6 is 0 Å². The Hall–Kier alpha value is -4.96. The Labute approximate surface area is 249 Å². The van der Waals surface area contributed by atoms with Crippen LogP contribution in [0.25, 0.3) is 32.7 Å². The van der Waals surface area contributed by atoms with Crippen molar-refractivity contribution >= 4 is 32.9 Å². The molecule has 42 heavy (non-hydrogen) atoms. The van der Waals surface area contributed by atoms with Gasteiger partial charge in [0.1, 0.15) is 11.5 Å². The molecule has 0 aliphatic rings. The minimum Gasteiger partial charge on any atom is -0.508 e. The van der Waals surface area contributed by atoms with Gasteiger partial charge >= 0.3 is 0 Å². The summed E-state index contributed by atoms with van der Waals surface area (Å²) in [5.41, 5.74) is 5.82. The fraction of sp³-hybridized carbons (Fsp3) is 0.158. The van der Waals surface area contributed by atoms with Crippen molar-refractivity contribution < 1.29 is 10.2 Å². The van der Waals surface area contributed by atoms with Crippen molar-refractivity contribution in [2.75, 3.05) is 10.6 Å². The van der Waals surface area contributed by atoms with Gasteiger partial charge in [0, 0.05) is 46.7 Å². The first kappa shape index (κ1) is 30.0. The molecule has 0 aliphatic heterocycles. The zero-order valence-electron chi connectivity index (χ0n) is 24.9. The maximum absolute atomic E-state index is 10.4. The van der Waals surface area contributed by atoms with Crippen molar-refractivity contribution in [3.63, 3.8) is 0 Å². The van der Waals surface area contributed by atoms with E-state index in [1.165, 1.54) is 0 Å². The average Bonchev–Trinajstić information content (AvgIpc) is 3.05. The third-order valence-corrected chi connectivity index (χ3v) is 7.03. The van der Waals surface area contributed by atoms with E-state index < -0.39 is 0 Å². The summed E-state index contributed by atoms with van der Waals surface area (Å²) in [6, 6.07) is 40.1. The van der Waals surface area contributed by atoms with Crippen LogP contribution in [0.5, 0.6) is 11.5 Å². The second kappa shape index (κ2) is 14.6. The average molecular weight is 557 g/mol. The van der Waals surface area contributed by atoms with E-state index in [0.29, 0.717) is 13.1 Å². The molecule has 0 radical (unpaired) electrons. The van der Waals surface area contributed by atoms with Crippen LogP contribution in [0, 0.1) is 0 Å². The maximum Gasteiger partial charge on any atom is 0.120 e. The van der Waals surface area contributed by atoms with Crippen LogP contribution in [-0.4, -0.2) is 10.2 Å². The molecule has 4 N–H and O–H groups in total. The van der Waals surface area contributed by atoms with Crippen LogP contribution in [0.2, 0.25) is 0 Å². The molecule has 6 rings (SSSR count). The van der Waals surface area contributed by atoms with Crippen LogP contribution < -0.4 is 10.6 Å². The van der Waals surface area contributed by atoms with E-state index in [1.807, 2.05) is 64.1 Å². The number of phenols is 2. The second-order valence-electron chi connectivity index (χ2n) is 9.38. The van der Waals surface area contributed by atoms with Crippen LogP contribution in [0.15, 0.2) is 121 Å². The van der Waals surface area contributed by atoms with Crippen LogP contribution in [0.1, 0.15) is 38.8 Å². The first-order valence-corrected chi connectivity index (χ1v) is 14.7. The topological polar surface area (TPSA) is 64.5 Å². The van der Waals surface area contributed by atoms with E-state index in [0.717, 1.165) is 55.2 Å². The van der Waals surface area contributed by atoms with Gasteiger partial charge in [-0.2, -0.15) is 0 Å². The molecule has 214 valence electrons. The van der Waals surface area contributed by atoms with E-state index in [4.69, 9.17) is 0 Å². The van der Waals surface area contributed by atoms with Crippen molar-refractivity contribution in [2.45, 2.75) is 40.8 Å². The standard InChI is InChI=1S/C34H28N2O2.2C2H6/c37-31-15-7-3-11-25(31)21-35-29-19-17-23-9-1-5-13-27(23)33(29)34-28-14-6-2-10-24(28)18-20-30(34)36-22-26-12-4-8-16-32(26)38;2*1-2/h1-20,35-38H,21-22H2;2*1-2H3. The molecule has 0 bridgehead atoms. The highest BCUT2D eigenvalue weighted by molar-refractivity contribution is 6.13. The summed E-state index contributed by atoms with van der Waals surface area (Å²) in [5, 5.41) is 32.5. The fourth-order valence-electron chi connectivity index (χ4n) is 5.08. The third-order valence-electron chi connectivity index (χ3n) is 7.03. The van der Waals surface area contributed by atoms with Gasteiger partial charge in [-0.1, -0.05) is 125 Å². The zero-order chi connectivity index (χ0) is 29.9. The summed E-state index contributed by atoms with van der Waals surface area (Å²) < 4.78 is 0. The van der Waals surface area contributed by atoms with Crippen LogP contribution in [0.3, 0.4) is 0 Å². The van der Waals surface area contributed by atoms with Crippen molar-refractivity contribution in [2.24, 2.45) is 0 Å². The Balaban J connectivity index is 0.000000972. The van der Waals surface area contributed by atoms with Gasteiger partial charge in [0.2, 0.25) is 0 Å². The molecular formula is C38H40N2O2. The molecule has 0 atom stereocenters. The lowest BCUT2D eigenvalue weighted by Gasteiger charge is -2.21. The third kappa shape index (κ3) is 6.50. The summed E-state index contributed by atoms with van der Waals surface area (Å²) >= 11 is 0. The molecule has 0 amide bonds. The fourth-order valence-corrected chi connectivity index (χ4v) is 5.08. The largest absolute Gasteiger partial charge is 0.508 e. The highest BCUT2D eigenvalue weighted by Gasteiger charge is 2.17. The van der Waals surface area contributed by atoms with Gasteiger partial charge in [-0.3, -0.25) is 0 Å². The first-order chi connectivity index (χ1) is 20.7. The monoisotopic (exact) mass is 556 g/mol. The molecule has 6 aromatic carbocycles. The van der Waals surface area contributed by atoms with Gasteiger partial charge in [-0.15, -0.1) is 0 Å². The van der Waals surface area contributed by atoms with Gasteiger partial charge in [0.15, 0.2) is 0 Å². The molecule has 0 aromatic heterocycles. The molecule has 6 aromatic rings. The maximum atomic E-state index is 10.4. The number of nitrogens with one attached hydrogen (secondary N) is 2. The highest BCUT2D eigenvalue weighted by Crippen LogP contribution is 2.44. The lowest BCUT2D eigenvalue weighted by molar-refractivity contribution is 0.468. The minimum absolute atomic E-state index is 0.275. The number of para-hydroxylation sites is 2. The van der Waals surface area contributed by atoms with Crippen molar-refractivity contribution in [3.8, 4) is 22.6 Å². The summed E-state index contributed by atoms with van der Waals surface area (Å²) in [4.78, 5) is 0. The number of hydrogen-bond donors (Lipinski definition) is 4. The predicted octanol–water partition coefficient (Wildman–Crippen LogP) is 10.3. The quantitative estimate of drug-likeness (QED) is 0.158. The number of aromatic hydroxyl groups is 2. The molecule has 0 unspecified atom stereocenters.